The van der Waals surface area contributed by atoms with Crippen molar-refractivity contribution in [3.63, 3.8) is 0 Å². The molecule has 0 amide bonds. The number of para-hydroxylation sites is 1. The molecule has 0 aliphatic rings. The van der Waals surface area contributed by atoms with Gasteiger partial charge in [-0.25, -0.2) is 4.99 Å². The third-order valence-corrected chi connectivity index (χ3v) is 3.86. The summed E-state index contributed by atoms with van der Waals surface area (Å²) >= 11 is 0. The minimum Gasteiger partial charge on any atom is -0.357 e. The molecule has 0 saturated heterocycles. The second-order valence-corrected chi connectivity index (χ2v) is 5.63. The van der Waals surface area contributed by atoms with Crippen LogP contribution in [0.25, 0.3) is 10.9 Å². The van der Waals surface area contributed by atoms with E-state index in [1.807, 2.05) is 6.07 Å². The number of rotatable bonds is 7. The van der Waals surface area contributed by atoms with Crippen LogP contribution < -0.4 is 10.6 Å². The monoisotopic (exact) mass is 324 g/mol. The Bertz CT molecular complexity index is 772. The first-order valence-electron chi connectivity index (χ1n) is 8.41. The number of hydrogen-bond acceptors (Lipinski definition) is 2. The molecule has 0 fully saturated rings. The van der Waals surface area contributed by atoms with Crippen molar-refractivity contribution in [1.82, 2.24) is 25.4 Å². The quantitative estimate of drug-likeness (QED) is 0.355. The Morgan fingerprint density at radius 1 is 1.21 bits per heavy atom. The number of guanidine groups is 1. The average molecular weight is 324 g/mol. The van der Waals surface area contributed by atoms with Crippen molar-refractivity contribution in [1.29, 1.82) is 0 Å². The van der Waals surface area contributed by atoms with E-state index in [1.54, 1.807) is 6.20 Å². The Morgan fingerprint density at radius 3 is 2.96 bits per heavy atom. The maximum Gasteiger partial charge on any atom is 0.191 e. The predicted octanol–water partition coefficient (Wildman–Crippen LogP) is 2.51. The minimum absolute atomic E-state index is 0.595. The summed E-state index contributed by atoms with van der Waals surface area (Å²) < 4.78 is 2.30. The summed E-state index contributed by atoms with van der Waals surface area (Å²) in [5.74, 6) is 0.837. The fraction of sp³-hybridized carbons (Fsp3) is 0.333. The van der Waals surface area contributed by atoms with Crippen molar-refractivity contribution in [2.45, 2.75) is 26.4 Å². The lowest BCUT2D eigenvalue weighted by atomic mass is 10.2. The number of benzene rings is 1. The molecular formula is C18H24N6. The summed E-state index contributed by atoms with van der Waals surface area (Å²) in [6, 6.07) is 12.6. The van der Waals surface area contributed by atoms with Gasteiger partial charge in [-0.3, -0.25) is 5.10 Å². The van der Waals surface area contributed by atoms with E-state index in [4.69, 9.17) is 0 Å². The van der Waals surface area contributed by atoms with Crippen LogP contribution in [0, 0.1) is 0 Å². The molecule has 1 aromatic carbocycles. The van der Waals surface area contributed by atoms with Crippen molar-refractivity contribution >= 4 is 16.9 Å². The first-order valence-corrected chi connectivity index (χ1v) is 8.41. The number of fused-ring (bicyclic) bond motifs is 1. The number of nitrogens with one attached hydrogen (secondary N) is 3. The van der Waals surface area contributed by atoms with E-state index in [2.05, 4.69) is 73.8 Å². The van der Waals surface area contributed by atoms with Gasteiger partial charge in [0, 0.05) is 37.5 Å². The van der Waals surface area contributed by atoms with Gasteiger partial charge in [0.25, 0.3) is 0 Å². The van der Waals surface area contributed by atoms with Crippen LogP contribution in [0.4, 0.5) is 0 Å². The Morgan fingerprint density at radius 2 is 2.12 bits per heavy atom. The molecule has 6 nitrogen and oxygen atoms in total. The van der Waals surface area contributed by atoms with Gasteiger partial charge in [-0.1, -0.05) is 18.2 Å². The van der Waals surface area contributed by atoms with E-state index < -0.39 is 0 Å². The summed E-state index contributed by atoms with van der Waals surface area (Å²) in [6.07, 6.45) is 4.93. The molecule has 0 saturated carbocycles. The molecule has 0 atom stereocenters. The highest BCUT2D eigenvalue weighted by Gasteiger charge is 2.01. The van der Waals surface area contributed by atoms with E-state index in [1.165, 1.54) is 10.9 Å². The van der Waals surface area contributed by atoms with E-state index in [-0.39, 0.29) is 0 Å². The molecule has 24 heavy (non-hydrogen) atoms. The molecule has 0 aliphatic carbocycles. The molecule has 2 heterocycles. The van der Waals surface area contributed by atoms with Crippen LogP contribution in [-0.4, -0.2) is 33.8 Å². The van der Waals surface area contributed by atoms with Crippen LogP contribution in [0.5, 0.6) is 0 Å². The van der Waals surface area contributed by atoms with Crippen LogP contribution in [0.1, 0.15) is 19.0 Å². The lowest BCUT2D eigenvalue weighted by Gasteiger charge is -2.11. The van der Waals surface area contributed by atoms with Crippen molar-refractivity contribution in [3.8, 4) is 0 Å². The van der Waals surface area contributed by atoms with E-state index >= 15 is 0 Å². The second-order valence-electron chi connectivity index (χ2n) is 5.63. The van der Waals surface area contributed by atoms with Gasteiger partial charge in [0.05, 0.1) is 12.2 Å². The summed E-state index contributed by atoms with van der Waals surface area (Å²) in [6.45, 7) is 5.37. The molecule has 3 rings (SSSR count). The number of aromatic amines is 1. The Hall–Kier alpha value is -2.76. The number of aryl methyl sites for hydroxylation is 1. The van der Waals surface area contributed by atoms with Gasteiger partial charge in [-0.15, -0.1) is 0 Å². The second kappa shape index (κ2) is 8.19. The molecule has 6 heteroatoms. The van der Waals surface area contributed by atoms with Gasteiger partial charge in [0.15, 0.2) is 5.96 Å². The predicted molar refractivity (Wildman–Crippen MR) is 98.0 cm³/mol. The van der Waals surface area contributed by atoms with Crippen molar-refractivity contribution in [3.05, 3.63) is 54.5 Å². The smallest absolute Gasteiger partial charge is 0.191 e. The number of hydrogen-bond donors (Lipinski definition) is 3. The molecule has 3 aromatic rings. The highest BCUT2D eigenvalue weighted by atomic mass is 15.2. The normalized spacial score (nSPS) is 11.8. The molecule has 0 bridgehead atoms. The van der Waals surface area contributed by atoms with Gasteiger partial charge in [0.2, 0.25) is 0 Å². The Labute approximate surface area is 142 Å². The number of nitrogens with zero attached hydrogens (tertiary/aromatic N) is 3. The Kier molecular flexibility index (Phi) is 5.50. The molecule has 0 spiro atoms. The molecule has 0 radical (unpaired) electrons. The van der Waals surface area contributed by atoms with Crippen LogP contribution in [-0.2, 0) is 13.1 Å². The largest absolute Gasteiger partial charge is 0.357 e. The molecule has 0 unspecified atom stereocenters. The van der Waals surface area contributed by atoms with Crippen LogP contribution >= 0.6 is 0 Å². The highest BCUT2D eigenvalue weighted by Crippen LogP contribution is 2.15. The standard InChI is InChI=1S/C18H24N6/c1-2-19-18(21-14-16-8-11-22-23-16)20-10-5-12-24-13-9-15-6-3-4-7-17(15)24/h3-4,6-9,11,13H,2,5,10,12,14H2,1H3,(H,22,23)(H2,19,20,21). The van der Waals surface area contributed by atoms with Crippen LogP contribution in [0.15, 0.2) is 53.8 Å². The van der Waals surface area contributed by atoms with Crippen molar-refractivity contribution in [2.75, 3.05) is 13.1 Å². The lowest BCUT2D eigenvalue weighted by molar-refractivity contribution is 0.640. The molecule has 3 N–H and O–H groups in total. The summed E-state index contributed by atoms with van der Waals surface area (Å²) in [7, 11) is 0. The zero-order valence-corrected chi connectivity index (χ0v) is 14.0. The maximum atomic E-state index is 4.56. The summed E-state index contributed by atoms with van der Waals surface area (Å²) in [4.78, 5) is 4.56. The van der Waals surface area contributed by atoms with Crippen LogP contribution in [0.2, 0.25) is 0 Å². The third-order valence-electron chi connectivity index (χ3n) is 3.86. The lowest BCUT2D eigenvalue weighted by Crippen LogP contribution is -2.38. The SMILES string of the molecule is CCNC(=NCc1ccn[nH]1)NCCCn1ccc2ccccc21. The molecule has 0 aliphatic heterocycles. The maximum absolute atomic E-state index is 4.56. The number of aliphatic imine (C=N–C) groups is 1. The Balaban J connectivity index is 1.49. The third kappa shape index (κ3) is 4.16. The number of aromatic nitrogens is 3. The highest BCUT2D eigenvalue weighted by molar-refractivity contribution is 5.80. The van der Waals surface area contributed by atoms with E-state index in [9.17, 15) is 0 Å². The minimum atomic E-state index is 0.595. The zero-order valence-electron chi connectivity index (χ0n) is 14.0. The van der Waals surface area contributed by atoms with Crippen LogP contribution in [0.3, 0.4) is 0 Å². The van der Waals surface area contributed by atoms with Gasteiger partial charge in [0.1, 0.15) is 0 Å². The average Bonchev–Trinajstić information content (AvgIpc) is 3.26. The fourth-order valence-electron chi connectivity index (χ4n) is 2.67. The van der Waals surface area contributed by atoms with Gasteiger partial charge < -0.3 is 15.2 Å². The van der Waals surface area contributed by atoms with E-state index in [0.29, 0.717) is 6.54 Å². The van der Waals surface area contributed by atoms with Crippen molar-refractivity contribution in [2.24, 2.45) is 4.99 Å². The topological polar surface area (TPSA) is 70.0 Å². The fourth-order valence-corrected chi connectivity index (χ4v) is 2.67. The molecule has 126 valence electrons. The van der Waals surface area contributed by atoms with Gasteiger partial charge in [-0.2, -0.15) is 5.10 Å². The summed E-state index contributed by atoms with van der Waals surface area (Å²) in [5, 5.41) is 14.8. The number of H-pyrrole nitrogens is 1. The molecule has 2 aromatic heterocycles. The van der Waals surface area contributed by atoms with E-state index in [0.717, 1.165) is 37.7 Å². The van der Waals surface area contributed by atoms with Gasteiger partial charge in [-0.05, 0) is 36.9 Å². The van der Waals surface area contributed by atoms with Crippen molar-refractivity contribution < 1.29 is 0 Å². The summed E-state index contributed by atoms with van der Waals surface area (Å²) in [5.41, 5.74) is 2.29. The van der Waals surface area contributed by atoms with Gasteiger partial charge >= 0.3 is 0 Å². The first-order chi connectivity index (χ1) is 11.9. The zero-order chi connectivity index (χ0) is 16.6. The molecular weight excluding hydrogens is 300 g/mol. The first kappa shape index (κ1) is 16.1.